The van der Waals surface area contributed by atoms with Crippen molar-refractivity contribution in [2.24, 2.45) is 0 Å². The zero-order valence-electron chi connectivity index (χ0n) is 6.32. The SMILES string of the molecule is CCCCCCCl.N=C=O. The first-order valence-corrected chi connectivity index (χ1v) is 3.96. The Balaban J connectivity index is 0. The Labute approximate surface area is 67.1 Å². The van der Waals surface area contributed by atoms with Crippen molar-refractivity contribution in [3.8, 4) is 0 Å². The van der Waals surface area contributed by atoms with Crippen molar-refractivity contribution in [2.45, 2.75) is 32.6 Å². The third kappa shape index (κ3) is 25.3. The molecular weight excluding hydrogens is 150 g/mol. The zero-order valence-corrected chi connectivity index (χ0v) is 7.08. The molecule has 0 spiro atoms. The van der Waals surface area contributed by atoms with Gasteiger partial charge in [-0.25, -0.2) is 10.2 Å². The summed E-state index contributed by atoms with van der Waals surface area (Å²) in [6.07, 6.45) is 5.89. The average Bonchev–Trinajstić information content (AvgIpc) is 1.91. The number of halogens is 1. The molecule has 0 aromatic rings. The van der Waals surface area contributed by atoms with Gasteiger partial charge in [-0.15, -0.1) is 11.6 Å². The summed E-state index contributed by atoms with van der Waals surface area (Å²) in [7, 11) is 0. The van der Waals surface area contributed by atoms with E-state index in [1.165, 1.54) is 25.7 Å². The van der Waals surface area contributed by atoms with Gasteiger partial charge in [-0.1, -0.05) is 26.2 Å². The van der Waals surface area contributed by atoms with E-state index in [0.29, 0.717) is 0 Å². The van der Waals surface area contributed by atoms with Crippen molar-refractivity contribution in [3.63, 3.8) is 0 Å². The van der Waals surface area contributed by atoms with Gasteiger partial charge in [-0.05, 0) is 6.42 Å². The van der Waals surface area contributed by atoms with Gasteiger partial charge in [-0.2, -0.15) is 0 Å². The summed E-state index contributed by atoms with van der Waals surface area (Å²) in [5.74, 6) is 0.833. The van der Waals surface area contributed by atoms with Crippen LogP contribution in [0.3, 0.4) is 0 Å². The molecule has 10 heavy (non-hydrogen) atoms. The number of hydrogen-bond acceptors (Lipinski definition) is 2. The molecule has 2 nitrogen and oxygen atoms in total. The third-order valence-electron chi connectivity index (χ3n) is 0.987. The molecule has 0 amide bonds. The molecule has 0 aliphatic carbocycles. The van der Waals surface area contributed by atoms with Crippen LogP contribution in [-0.2, 0) is 4.79 Å². The smallest absolute Gasteiger partial charge is 0.222 e. The van der Waals surface area contributed by atoms with Crippen LogP contribution in [-0.4, -0.2) is 12.0 Å². The highest BCUT2D eigenvalue weighted by molar-refractivity contribution is 6.17. The lowest BCUT2D eigenvalue weighted by atomic mass is 10.2. The van der Waals surface area contributed by atoms with E-state index in [1.54, 1.807) is 0 Å². The molecule has 0 saturated carbocycles. The fourth-order valence-electron chi connectivity index (χ4n) is 0.521. The molecule has 3 heteroatoms. The van der Waals surface area contributed by atoms with Gasteiger partial charge in [0.15, 0.2) is 0 Å². The molecule has 0 saturated heterocycles. The van der Waals surface area contributed by atoms with Crippen molar-refractivity contribution >= 4 is 17.7 Å². The molecule has 0 aliphatic heterocycles. The summed E-state index contributed by atoms with van der Waals surface area (Å²) in [5, 5.41) is 5.40. The largest absolute Gasteiger partial charge is 0.231 e. The predicted octanol–water partition coefficient (Wildman–Crippen LogP) is 2.71. The van der Waals surface area contributed by atoms with Gasteiger partial charge in [0.1, 0.15) is 0 Å². The molecule has 0 heterocycles. The highest BCUT2D eigenvalue weighted by Crippen LogP contribution is 1.98. The summed E-state index contributed by atoms with van der Waals surface area (Å²) in [6, 6.07) is 0. The topological polar surface area (TPSA) is 40.9 Å². The van der Waals surface area contributed by atoms with Crippen LogP contribution in [0.2, 0.25) is 0 Å². The number of carbonyl (C=O) groups excluding carboxylic acids is 1. The molecule has 0 atom stereocenters. The van der Waals surface area contributed by atoms with E-state index in [1.807, 2.05) is 0 Å². The van der Waals surface area contributed by atoms with E-state index in [9.17, 15) is 0 Å². The molecular formula is C7H14ClNO. The maximum atomic E-state index is 8.35. The van der Waals surface area contributed by atoms with Crippen molar-refractivity contribution in [1.82, 2.24) is 0 Å². The number of nitrogens with one attached hydrogen (secondary N) is 1. The lowest BCUT2D eigenvalue weighted by Crippen LogP contribution is -1.74. The second kappa shape index (κ2) is 15.9. The fraction of sp³-hybridized carbons (Fsp3) is 0.857. The molecule has 0 aromatic carbocycles. The van der Waals surface area contributed by atoms with Crippen LogP contribution >= 0.6 is 11.6 Å². The lowest BCUT2D eigenvalue weighted by Gasteiger charge is -1.89. The van der Waals surface area contributed by atoms with E-state index in [4.69, 9.17) is 21.8 Å². The Hall–Kier alpha value is -0.330. The predicted molar refractivity (Wildman–Crippen MR) is 43.3 cm³/mol. The molecule has 0 radical (unpaired) electrons. The van der Waals surface area contributed by atoms with Gasteiger partial charge < -0.3 is 0 Å². The van der Waals surface area contributed by atoms with Gasteiger partial charge in [0.25, 0.3) is 0 Å². The maximum absolute atomic E-state index is 8.35. The second-order valence-corrected chi connectivity index (χ2v) is 2.23. The number of alkyl halides is 1. The van der Waals surface area contributed by atoms with Crippen molar-refractivity contribution in [1.29, 1.82) is 5.41 Å². The van der Waals surface area contributed by atoms with E-state index in [2.05, 4.69) is 6.92 Å². The normalized spacial score (nSPS) is 7.40. The first-order valence-electron chi connectivity index (χ1n) is 3.43. The van der Waals surface area contributed by atoms with Gasteiger partial charge >= 0.3 is 0 Å². The molecule has 0 unspecified atom stereocenters. The van der Waals surface area contributed by atoms with Crippen LogP contribution in [0.1, 0.15) is 32.6 Å². The summed E-state index contributed by atoms with van der Waals surface area (Å²) < 4.78 is 0. The summed E-state index contributed by atoms with van der Waals surface area (Å²) in [6.45, 7) is 2.20. The van der Waals surface area contributed by atoms with Crippen LogP contribution < -0.4 is 0 Å². The zero-order chi connectivity index (χ0) is 8.24. The molecule has 0 aliphatic rings. The quantitative estimate of drug-likeness (QED) is 0.294. The Morgan fingerprint density at radius 3 is 2.20 bits per heavy atom. The summed E-state index contributed by atoms with van der Waals surface area (Å²) >= 11 is 5.44. The van der Waals surface area contributed by atoms with Crippen LogP contribution in [0.4, 0.5) is 0 Å². The number of unbranched alkanes of at least 4 members (excludes halogenated alkanes) is 3. The van der Waals surface area contributed by atoms with E-state index < -0.39 is 0 Å². The van der Waals surface area contributed by atoms with E-state index >= 15 is 0 Å². The third-order valence-corrected chi connectivity index (χ3v) is 1.25. The Bertz CT molecular complexity index is 75.7. The van der Waals surface area contributed by atoms with Crippen molar-refractivity contribution < 1.29 is 4.79 Å². The van der Waals surface area contributed by atoms with E-state index in [0.717, 1.165) is 12.0 Å². The average molecular weight is 164 g/mol. The van der Waals surface area contributed by atoms with Crippen molar-refractivity contribution in [2.75, 3.05) is 5.88 Å². The minimum absolute atomic E-state index is 0.750. The first-order chi connectivity index (χ1) is 4.83. The molecule has 0 rings (SSSR count). The highest BCUT2D eigenvalue weighted by atomic mass is 35.5. The molecule has 0 aromatic heterocycles. The number of isocyanates is 1. The van der Waals surface area contributed by atoms with Crippen LogP contribution in [0.15, 0.2) is 0 Å². The molecule has 60 valence electrons. The molecule has 0 fully saturated rings. The van der Waals surface area contributed by atoms with Gasteiger partial charge in [0.05, 0.1) is 0 Å². The lowest BCUT2D eigenvalue weighted by molar-refractivity contribution is 0.563. The Kier molecular flexibility index (Phi) is 19.6. The fourth-order valence-corrected chi connectivity index (χ4v) is 0.710. The Morgan fingerprint density at radius 2 is 1.90 bits per heavy atom. The van der Waals surface area contributed by atoms with Crippen molar-refractivity contribution in [3.05, 3.63) is 0 Å². The highest BCUT2D eigenvalue weighted by Gasteiger charge is 1.81. The summed E-state index contributed by atoms with van der Waals surface area (Å²) in [5.41, 5.74) is 0. The number of hydrogen-bond donors (Lipinski definition) is 1. The standard InChI is InChI=1S/C6H13Cl.CHNO/c1-2-3-4-5-6-7;2-1-3/h2-6H2,1H3;2H. The molecule has 0 bridgehead atoms. The van der Waals surface area contributed by atoms with Crippen LogP contribution in [0.25, 0.3) is 0 Å². The van der Waals surface area contributed by atoms with E-state index in [-0.39, 0.29) is 0 Å². The van der Waals surface area contributed by atoms with Gasteiger partial charge in [0, 0.05) is 5.88 Å². The minimum Gasteiger partial charge on any atom is -0.222 e. The van der Waals surface area contributed by atoms with Crippen LogP contribution in [0.5, 0.6) is 0 Å². The monoisotopic (exact) mass is 163 g/mol. The van der Waals surface area contributed by atoms with Gasteiger partial charge in [-0.3, -0.25) is 0 Å². The van der Waals surface area contributed by atoms with Gasteiger partial charge in [0.2, 0.25) is 6.08 Å². The minimum atomic E-state index is 0.750. The number of rotatable bonds is 4. The first kappa shape index (κ1) is 12.4. The maximum Gasteiger partial charge on any atom is 0.231 e. The second-order valence-electron chi connectivity index (χ2n) is 1.85. The molecule has 1 N–H and O–H groups in total. The Morgan fingerprint density at radius 1 is 1.40 bits per heavy atom. The summed E-state index contributed by atoms with van der Waals surface area (Å²) in [4.78, 5) is 8.35. The van der Waals surface area contributed by atoms with Crippen LogP contribution in [0, 0.1) is 5.41 Å².